The number of rotatable bonds is 4. The van der Waals surface area contributed by atoms with Gasteiger partial charge in [-0.2, -0.15) is 0 Å². The molecule has 22 heavy (non-hydrogen) atoms. The van der Waals surface area contributed by atoms with E-state index in [9.17, 15) is 4.79 Å². The minimum atomic E-state index is -0.285. The maximum absolute atomic E-state index is 11.9. The Balaban J connectivity index is 2.04. The molecule has 0 saturated heterocycles. The average molecular weight is 357 g/mol. The van der Waals surface area contributed by atoms with Crippen LogP contribution in [0.5, 0.6) is 5.75 Å². The maximum Gasteiger partial charge on any atom is 0.248 e. The Morgan fingerprint density at radius 1 is 1.05 bits per heavy atom. The molecule has 0 saturated carbocycles. The number of hydrogen-bond acceptors (Lipinski definition) is 2. The molecule has 114 valence electrons. The van der Waals surface area contributed by atoms with Gasteiger partial charge in [0.2, 0.25) is 5.91 Å². The molecule has 0 aliphatic carbocycles. The van der Waals surface area contributed by atoms with E-state index < -0.39 is 0 Å². The number of carbonyl (C=O) groups is 1. The largest absolute Gasteiger partial charge is 0.495 e. The zero-order valence-corrected chi connectivity index (χ0v) is 13.8. The lowest BCUT2D eigenvalue weighted by molar-refractivity contribution is -0.111. The van der Waals surface area contributed by atoms with Crippen LogP contribution in [-0.4, -0.2) is 13.0 Å². The van der Waals surface area contributed by atoms with Gasteiger partial charge < -0.3 is 10.1 Å². The Morgan fingerprint density at radius 2 is 1.82 bits per heavy atom. The van der Waals surface area contributed by atoms with Gasteiger partial charge in [-0.25, -0.2) is 0 Å². The fraction of sp³-hybridized carbons (Fsp3) is 0.0625. The summed E-state index contributed by atoms with van der Waals surface area (Å²) in [7, 11) is 1.53. The number of halogens is 3. The van der Waals surface area contributed by atoms with Crippen molar-refractivity contribution in [2.75, 3.05) is 12.4 Å². The second-order valence-corrected chi connectivity index (χ2v) is 5.57. The average Bonchev–Trinajstić information content (AvgIpc) is 2.49. The van der Waals surface area contributed by atoms with Gasteiger partial charge >= 0.3 is 0 Å². The van der Waals surface area contributed by atoms with Gasteiger partial charge in [-0.1, -0.05) is 40.9 Å². The molecule has 6 heteroatoms. The molecule has 0 fully saturated rings. The number of ether oxygens (including phenoxy) is 1. The zero-order chi connectivity index (χ0) is 16.1. The van der Waals surface area contributed by atoms with Crippen LogP contribution in [0.3, 0.4) is 0 Å². The predicted molar refractivity (Wildman–Crippen MR) is 92.1 cm³/mol. The van der Waals surface area contributed by atoms with Crippen molar-refractivity contribution in [2.45, 2.75) is 0 Å². The van der Waals surface area contributed by atoms with E-state index in [0.717, 1.165) is 5.56 Å². The Kier molecular flexibility index (Phi) is 5.72. The first-order chi connectivity index (χ1) is 10.5. The van der Waals surface area contributed by atoms with Crippen LogP contribution in [0.2, 0.25) is 15.1 Å². The second-order valence-electron chi connectivity index (χ2n) is 4.35. The predicted octanol–water partition coefficient (Wildman–Crippen LogP) is 5.31. The molecule has 0 unspecified atom stereocenters. The molecule has 0 atom stereocenters. The summed E-state index contributed by atoms with van der Waals surface area (Å²) in [6, 6.07) is 10.1. The summed E-state index contributed by atoms with van der Waals surface area (Å²) in [5.74, 6) is 0.262. The molecule has 0 aliphatic rings. The van der Waals surface area contributed by atoms with E-state index in [1.54, 1.807) is 42.5 Å². The molecule has 0 radical (unpaired) electrons. The van der Waals surface area contributed by atoms with E-state index in [-0.39, 0.29) is 5.91 Å². The van der Waals surface area contributed by atoms with Crippen LogP contribution in [0, 0.1) is 0 Å². The molecule has 0 spiro atoms. The minimum Gasteiger partial charge on any atom is -0.495 e. The van der Waals surface area contributed by atoms with Crippen molar-refractivity contribution in [1.29, 1.82) is 0 Å². The Labute approximate surface area is 143 Å². The highest BCUT2D eigenvalue weighted by atomic mass is 35.5. The number of nitrogens with one attached hydrogen (secondary N) is 1. The van der Waals surface area contributed by atoms with Crippen LogP contribution < -0.4 is 10.1 Å². The lowest BCUT2D eigenvalue weighted by atomic mass is 10.2. The summed E-state index contributed by atoms with van der Waals surface area (Å²) in [5, 5.41) is 4.04. The molecule has 0 aliphatic heterocycles. The van der Waals surface area contributed by atoms with Gasteiger partial charge in [0, 0.05) is 11.8 Å². The van der Waals surface area contributed by atoms with Gasteiger partial charge in [0.1, 0.15) is 5.75 Å². The SMILES string of the molecule is COc1ccc(NC(=O)C=Cc2ccc(Cl)c(Cl)c2)cc1Cl. The number of methoxy groups -OCH3 is 1. The van der Waals surface area contributed by atoms with E-state index >= 15 is 0 Å². The quantitative estimate of drug-likeness (QED) is 0.754. The van der Waals surface area contributed by atoms with Crippen LogP contribution in [0.1, 0.15) is 5.56 Å². The van der Waals surface area contributed by atoms with Crippen molar-refractivity contribution >= 4 is 52.5 Å². The lowest BCUT2D eigenvalue weighted by Crippen LogP contribution is -2.07. The highest BCUT2D eigenvalue weighted by Crippen LogP contribution is 2.27. The number of benzene rings is 2. The van der Waals surface area contributed by atoms with Gasteiger partial charge in [0.05, 0.1) is 22.2 Å². The van der Waals surface area contributed by atoms with Crippen LogP contribution in [-0.2, 0) is 4.79 Å². The van der Waals surface area contributed by atoms with Crippen molar-refractivity contribution in [1.82, 2.24) is 0 Å². The topological polar surface area (TPSA) is 38.3 Å². The first kappa shape index (κ1) is 16.7. The Morgan fingerprint density at radius 3 is 2.45 bits per heavy atom. The standard InChI is InChI=1S/C16H12Cl3NO2/c1-22-15-6-4-11(9-14(15)19)20-16(21)7-3-10-2-5-12(17)13(18)8-10/h2-9H,1H3,(H,20,21). The van der Waals surface area contributed by atoms with Gasteiger partial charge in [-0.05, 0) is 42.0 Å². The third-order valence-corrected chi connectivity index (χ3v) is 3.82. The molecule has 1 amide bonds. The normalized spacial score (nSPS) is 10.7. The van der Waals surface area contributed by atoms with Crippen molar-refractivity contribution in [3.63, 3.8) is 0 Å². The van der Waals surface area contributed by atoms with Crippen molar-refractivity contribution in [3.05, 3.63) is 63.1 Å². The van der Waals surface area contributed by atoms with Crippen molar-refractivity contribution in [2.24, 2.45) is 0 Å². The summed E-state index contributed by atoms with van der Waals surface area (Å²) in [6.45, 7) is 0. The van der Waals surface area contributed by atoms with E-state index in [2.05, 4.69) is 5.32 Å². The summed E-state index contributed by atoms with van der Waals surface area (Å²) in [5.41, 5.74) is 1.35. The van der Waals surface area contributed by atoms with E-state index in [4.69, 9.17) is 39.5 Å². The third kappa shape index (κ3) is 4.41. The molecule has 2 rings (SSSR count). The zero-order valence-electron chi connectivity index (χ0n) is 11.6. The molecular weight excluding hydrogens is 345 g/mol. The number of hydrogen-bond donors (Lipinski definition) is 1. The summed E-state index contributed by atoms with van der Waals surface area (Å²) in [4.78, 5) is 11.9. The number of anilines is 1. The van der Waals surface area contributed by atoms with Gasteiger partial charge in [0.15, 0.2) is 0 Å². The van der Waals surface area contributed by atoms with Crippen LogP contribution >= 0.6 is 34.8 Å². The molecular formula is C16H12Cl3NO2. The Bertz CT molecular complexity index is 729. The van der Waals surface area contributed by atoms with E-state index in [1.165, 1.54) is 13.2 Å². The molecule has 0 bridgehead atoms. The highest BCUT2D eigenvalue weighted by molar-refractivity contribution is 6.42. The van der Waals surface area contributed by atoms with Crippen molar-refractivity contribution < 1.29 is 9.53 Å². The number of carbonyl (C=O) groups excluding carboxylic acids is 1. The fourth-order valence-electron chi connectivity index (χ4n) is 1.72. The molecule has 1 N–H and O–H groups in total. The van der Waals surface area contributed by atoms with E-state index in [1.807, 2.05) is 0 Å². The summed E-state index contributed by atoms with van der Waals surface area (Å²) < 4.78 is 5.05. The fourth-order valence-corrected chi connectivity index (χ4v) is 2.28. The monoisotopic (exact) mass is 355 g/mol. The van der Waals surface area contributed by atoms with Gasteiger partial charge in [-0.15, -0.1) is 0 Å². The molecule has 2 aromatic rings. The number of amides is 1. The van der Waals surface area contributed by atoms with Crippen LogP contribution in [0.25, 0.3) is 6.08 Å². The summed E-state index contributed by atoms with van der Waals surface area (Å²) in [6.07, 6.45) is 3.04. The summed E-state index contributed by atoms with van der Waals surface area (Å²) >= 11 is 17.7. The molecule has 0 aromatic heterocycles. The lowest BCUT2D eigenvalue weighted by Gasteiger charge is -2.06. The van der Waals surface area contributed by atoms with Gasteiger partial charge in [0.25, 0.3) is 0 Å². The molecule has 0 heterocycles. The maximum atomic E-state index is 11.9. The first-order valence-corrected chi connectivity index (χ1v) is 7.40. The second kappa shape index (κ2) is 7.54. The molecule has 3 nitrogen and oxygen atoms in total. The van der Waals surface area contributed by atoms with Gasteiger partial charge in [-0.3, -0.25) is 4.79 Å². The highest BCUT2D eigenvalue weighted by Gasteiger charge is 2.04. The van der Waals surface area contributed by atoms with Crippen molar-refractivity contribution in [3.8, 4) is 5.75 Å². The van der Waals surface area contributed by atoms with Crippen LogP contribution in [0.15, 0.2) is 42.5 Å². The smallest absolute Gasteiger partial charge is 0.248 e. The third-order valence-electron chi connectivity index (χ3n) is 2.79. The minimum absolute atomic E-state index is 0.285. The first-order valence-electron chi connectivity index (χ1n) is 6.27. The van der Waals surface area contributed by atoms with Crippen LogP contribution in [0.4, 0.5) is 5.69 Å². The molecule has 2 aromatic carbocycles. The Hall–Kier alpha value is -1.68. The van der Waals surface area contributed by atoms with E-state index in [0.29, 0.717) is 26.5 Å².